The lowest BCUT2D eigenvalue weighted by molar-refractivity contribution is 0.413. The lowest BCUT2D eigenvalue weighted by Gasteiger charge is -2.24. The fourth-order valence-corrected chi connectivity index (χ4v) is 2.20. The second kappa shape index (κ2) is 6.42. The van der Waals surface area contributed by atoms with Crippen molar-refractivity contribution in [2.45, 2.75) is 19.9 Å². The van der Waals surface area contributed by atoms with E-state index in [1.165, 1.54) is 6.07 Å². The summed E-state index contributed by atoms with van der Waals surface area (Å²) in [7, 11) is 1.58. The molecule has 0 aliphatic carbocycles. The highest BCUT2D eigenvalue weighted by Crippen LogP contribution is 2.29. The molecule has 1 atom stereocenters. The Morgan fingerprint density at radius 3 is 2.35 bits per heavy atom. The van der Waals surface area contributed by atoms with Crippen LogP contribution in [-0.2, 0) is 0 Å². The van der Waals surface area contributed by atoms with E-state index in [1.807, 2.05) is 18.2 Å². The van der Waals surface area contributed by atoms with E-state index in [4.69, 9.17) is 4.74 Å². The van der Waals surface area contributed by atoms with Crippen LogP contribution in [0.2, 0.25) is 0 Å². The first-order chi connectivity index (χ1) is 9.61. The molecule has 2 aromatic carbocycles. The topological polar surface area (TPSA) is 21.3 Å². The molecule has 106 valence electrons. The average Bonchev–Trinajstić information content (AvgIpc) is 2.47. The number of benzene rings is 2. The Bertz CT molecular complexity index is 554. The van der Waals surface area contributed by atoms with Gasteiger partial charge in [0, 0.05) is 6.07 Å². The Hall–Kier alpha value is -2.03. The molecule has 0 spiro atoms. The minimum atomic E-state index is -0.271. The van der Waals surface area contributed by atoms with Gasteiger partial charge in [-0.05, 0) is 23.6 Å². The third-order valence-electron chi connectivity index (χ3n) is 3.31. The lowest BCUT2D eigenvalue weighted by Crippen LogP contribution is -2.17. The van der Waals surface area contributed by atoms with E-state index in [-0.39, 0.29) is 11.9 Å². The summed E-state index contributed by atoms with van der Waals surface area (Å²) in [5.74, 6) is 0.708. The molecule has 2 aromatic rings. The average molecular weight is 273 g/mol. The van der Waals surface area contributed by atoms with Crippen molar-refractivity contribution >= 4 is 5.69 Å². The van der Waals surface area contributed by atoms with E-state index in [2.05, 4.69) is 31.3 Å². The van der Waals surface area contributed by atoms with Crippen LogP contribution in [0.3, 0.4) is 0 Å². The van der Waals surface area contributed by atoms with E-state index >= 15 is 0 Å². The molecule has 0 aliphatic rings. The number of nitrogens with one attached hydrogen (secondary N) is 1. The minimum absolute atomic E-state index is 0.0535. The van der Waals surface area contributed by atoms with Gasteiger partial charge in [0.2, 0.25) is 0 Å². The SMILES string of the molecule is COc1ccc(F)c(NC(c2ccccc2)C(C)C)c1. The van der Waals surface area contributed by atoms with Crippen LogP contribution in [0, 0.1) is 11.7 Å². The van der Waals surface area contributed by atoms with Crippen LogP contribution in [0.5, 0.6) is 5.75 Å². The Labute approximate surface area is 119 Å². The first-order valence-electron chi connectivity index (χ1n) is 6.77. The highest BCUT2D eigenvalue weighted by molar-refractivity contribution is 5.51. The summed E-state index contributed by atoms with van der Waals surface area (Å²) in [6.07, 6.45) is 0. The van der Waals surface area contributed by atoms with Gasteiger partial charge in [0.25, 0.3) is 0 Å². The monoisotopic (exact) mass is 273 g/mol. The molecule has 0 saturated heterocycles. The van der Waals surface area contributed by atoms with Gasteiger partial charge in [-0.3, -0.25) is 0 Å². The van der Waals surface area contributed by atoms with Gasteiger partial charge in [-0.15, -0.1) is 0 Å². The molecule has 3 heteroatoms. The molecular formula is C17H20FNO. The zero-order valence-electron chi connectivity index (χ0n) is 12.1. The standard InChI is InChI=1S/C17H20FNO/c1-12(2)17(13-7-5-4-6-8-13)19-16-11-14(20-3)9-10-15(16)18/h4-12,17,19H,1-3H3. The third kappa shape index (κ3) is 3.29. The van der Waals surface area contributed by atoms with Gasteiger partial charge in [0.15, 0.2) is 0 Å². The Kier molecular flexibility index (Phi) is 4.61. The van der Waals surface area contributed by atoms with E-state index < -0.39 is 0 Å². The molecule has 2 rings (SSSR count). The van der Waals surface area contributed by atoms with Crippen LogP contribution in [0.25, 0.3) is 0 Å². The minimum Gasteiger partial charge on any atom is -0.497 e. The van der Waals surface area contributed by atoms with E-state index in [0.29, 0.717) is 17.4 Å². The van der Waals surface area contributed by atoms with Crippen molar-refractivity contribution in [2.24, 2.45) is 5.92 Å². The van der Waals surface area contributed by atoms with Gasteiger partial charge in [-0.1, -0.05) is 44.2 Å². The molecular weight excluding hydrogens is 253 g/mol. The van der Waals surface area contributed by atoms with Gasteiger partial charge >= 0.3 is 0 Å². The molecule has 1 unspecified atom stereocenters. The molecule has 0 radical (unpaired) electrons. The number of anilines is 1. The maximum atomic E-state index is 13.9. The summed E-state index contributed by atoms with van der Waals surface area (Å²) in [6.45, 7) is 4.23. The van der Waals surface area contributed by atoms with Crippen LogP contribution < -0.4 is 10.1 Å². The van der Waals surface area contributed by atoms with E-state index in [9.17, 15) is 4.39 Å². The van der Waals surface area contributed by atoms with Crippen LogP contribution in [0.4, 0.5) is 10.1 Å². The van der Waals surface area contributed by atoms with Gasteiger partial charge in [0.05, 0.1) is 18.8 Å². The second-order valence-electron chi connectivity index (χ2n) is 5.12. The molecule has 1 N–H and O–H groups in total. The number of halogens is 1. The Balaban J connectivity index is 2.29. The molecule has 0 fully saturated rings. The largest absolute Gasteiger partial charge is 0.497 e. The smallest absolute Gasteiger partial charge is 0.146 e. The number of rotatable bonds is 5. The summed E-state index contributed by atoms with van der Waals surface area (Å²) in [5, 5.41) is 3.28. The third-order valence-corrected chi connectivity index (χ3v) is 3.31. The van der Waals surface area contributed by atoms with Crippen LogP contribution in [-0.4, -0.2) is 7.11 Å². The summed E-state index contributed by atoms with van der Waals surface area (Å²) in [4.78, 5) is 0. The molecule has 0 aliphatic heterocycles. The predicted octanol–water partition coefficient (Wildman–Crippen LogP) is 4.64. The molecule has 0 saturated carbocycles. The van der Waals surface area contributed by atoms with Gasteiger partial charge in [-0.2, -0.15) is 0 Å². The first kappa shape index (κ1) is 14.4. The Morgan fingerprint density at radius 2 is 1.75 bits per heavy atom. The summed E-state index contributed by atoms with van der Waals surface area (Å²) >= 11 is 0. The number of ether oxygens (including phenoxy) is 1. The van der Waals surface area contributed by atoms with Crippen molar-refractivity contribution in [3.05, 3.63) is 59.9 Å². The van der Waals surface area contributed by atoms with Crippen molar-refractivity contribution in [3.63, 3.8) is 0 Å². The highest BCUT2D eigenvalue weighted by Gasteiger charge is 2.17. The second-order valence-corrected chi connectivity index (χ2v) is 5.12. The molecule has 0 bridgehead atoms. The zero-order valence-corrected chi connectivity index (χ0v) is 12.1. The highest BCUT2D eigenvalue weighted by atomic mass is 19.1. The summed E-state index contributed by atoms with van der Waals surface area (Å²) < 4.78 is 19.1. The molecule has 0 aromatic heterocycles. The van der Waals surface area contributed by atoms with Crippen LogP contribution >= 0.6 is 0 Å². The van der Waals surface area contributed by atoms with Crippen molar-refractivity contribution in [2.75, 3.05) is 12.4 Å². The molecule has 0 amide bonds. The van der Waals surface area contributed by atoms with Crippen LogP contribution in [0.1, 0.15) is 25.5 Å². The quantitative estimate of drug-likeness (QED) is 0.856. The number of hydrogen-bond acceptors (Lipinski definition) is 2. The normalized spacial score (nSPS) is 12.2. The van der Waals surface area contributed by atoms with Crippen molar-refractivity contribution in [1.82, 2.24) is 0 Å². The maximum Gasteiger partial charge on any atom is 0.146 e. The fourth-order valence-electron chi connectivity index (χ4n) is 2.20. The Morgan fingerprint density at radius 1 is 1.05 bits per heavy atom. The van der Waals surface area contributed by atoms with Gasteiger partial charge in [0.1, 0.15) is 11.6 Å². The van der Waals surface area contributed by atoms with Crippen molar-refractivity contribution < 1.29 is 9.13 Å². The predicted molar refractivity (Wildman–Crippen MR) is 80.6 cm³/mol. The summed E-state index contributed by atoms with van der Waals surface area (Å²) in [6, 6.07) is 14.9. The van der Waals surface area contributed by atoms with Crippen molar-refractivity contribution in [1.29, 1.82) is 0 Å². The zero-order chi connectivity index (χ0) is 14.5. The van der Waals surface area contributed by atoms with Gasteiger partial charge < -0.3 is 10.1 Å². The first-order valence-corrected chi connectivity index (χ1v) is 6.77. The maximum absolute atomic E-state index is 13.9. The van der Waals surface area contributed by atoms with E-state index in [1.54, 1.807) is 19.2 Å². The van der Waals surface area contributed by atoms with Gasteiger partial charge in [-0.25, -0.2) is 4.39 Å². The molecule has 20 heavy (non-hydrogen) atoms. The lowest BCUT2D eigenvalue weighted by atomic mass is 9.96. The number of methoxy groups -OCH3 is 1. The van der Waals surface area contributed by atoms with Crippen LogP contribution in [0.15, 0.2) is 48.5 Å². The molecule has 2 nitrogen and oxygen atoms in total. The number of hydrogen-bond donors (Lipinski definition) is 1. The molecule has 0 heterocycles. The van der Waals surface area contributed by atoms with E-state index in [0.717, 1.165) is 5.56 Å². The summed E-state index contributed by atoms with van der Waals surface area (Å²) in [5.41, 5.74) is 1.61. The van der Waals surface area contributed by atoms with Crippen molar-refractivity contribution in [3.8, 4) is 5.75 Å². The fraction of sp³-hybridized carbons (Fsp3) is 0.294.